The molecule has 1 aliphatic heterocycles. The van der Waals surface area contributed by atoms with Crippen LogP contribution in [0.3, 0.4) is 0 Å². The lowest BCUT2D eigenvalue weighted by Gasteiger charge is -2.51. The van der Waals surface area contributed by atoms with E-state index in [9.17, 15) is 9.59 Å². The number of carbonyl (C=O) groups is 2. The normalized spacial score (nSPS) is 17.8. The Labute approximate surface area is 185 Å². The van der Waals surface area contributed by atoms with Crippen LogP contribution in [-0.4, -0.2) is 47.9 Å². The van der Waals surface area contributed by atoms with Gasteiger partial charge in [0.15, 0.2) is 18.1 Å². The van der Waals surface area contributed by atoms with Crippen molar-refractivity contribution in [2.24, 2.45) is 5.41 Å². The number of amides is 1. The SMILES string of the molecule is CCOC(=O)c1cc(COC(=O)N2CCC3(CC2)CC(Oc2ccc(Cl)cc2)C3)on1. The first-order chi connectivity index (χ1) is 15.0. The Morgan fingerprint density at radius 2 is 1.90 bits per heavy atom. The predicted molar refractivity (Wildman–Crippen MR) is 111 cm³/mol. The summed E-state index contributed by atoms with van der Waals surface area (Å²) in [7, 11) is 0. The van der Waals surface area contributed by atoms with Crippen LogP contribution < -0.4 is 4.74 Å². The Morgan fingerprint density at radius 3 is 2.58 bits per heavy atom. The van der Waals surface area contributed by atoms with Crippen molar-refractivity contribution in [1.82, 2.24) is 10.1 Å². The number of hydrogen-bond acceptors (Lipinski definition) is 7. The van der Waals surface area contributed by atoms with E-state index in [2.05, 4.69) is 5.16 Å². The van der Waals surface area contributed by atoms with Gasteiger partial charge < -0.3 is 23.6 Å². The third-order valence-electron chi connectivity index (χ3n) is 5.90. The fourth-order valence-corrected chi connectivity index (χ4v) is 4.30. The fourth-order valence-electron chi connectivity index (χ4n) is 4.17. The van der Waals surface area contributed by atoms with Gasteiger partial charge in [0.25, 0.3) is 0 Å². The smallest absolute Gasteiger partial charge is 0.410 e. The molecule has 1 saturated carbocycles. The molecule has 166 valence electrons. The van der Waals surface area contributed by atoms with E-state index in [-0.39, 0.29) is 30.4 Å². The Balaban J connectivity index is 1.18. The summed E-state index contributed by atoms with van der Waals surface area (Å²) in [5, 5.41) is 4.33. The second-order valence-electron chi connectivity index (χ2n) is 8.04. The number of carbonyl (C=O) groups excluding carboxylic acids is 2. The number of likely N-dealkylation sites (tertiary alicyclic amines) is 1. The second kappa shape index (κ2) is 9.18. The van der Waals surface area contributed by atoms with Crippen molar-refractivity contribution in [3.63, 3.8) is 0 Å². The highest BCUT2D eigenvalue weighted by Gasteiger charge is 2.47. The first-order valence-corrected chi connectivity index (χ1v) is 10.8. The molecule has 9 heteroatoms. The molecule has 4 rings (SSSR count). The molecule has 0 atom stereocenters. The van der Waals surface area contributed by atoms with Crippen molar-refractivity contribution in [3.05, 3.63) is 46.8 Å². The molecule has 2 heterocycles. The zero-order valence-electron chi connectivity index (χ0n) is 17.3. The molecule has 0 radical (unpaired) electrons. The second-order valence-corrected chi connectivity index (χ2v) is 8.48. The first kappa shape index (κ1) is 21.5. The van der Waals surface area contributed by atoms with E-state index in [0.717, 1.165) is 31.4 Å². The highest BCUT2D eigenvalue weighted by Crippen LogP contribution is 2.50. The Bertz CT molecular complexity index is 912. The molecule has 1 spiro atoms. The Kier molecular flexibility index (Phi) is 6.36. The Morgan fingerprint density at radius 1 is 1.19 bits per heavy atom. The molecule has 2 fully saturated rings. The van der Waals surface area contributed by atoms with Gasteiger partial charge in [0.2, 0.25) is 0 Å². The predicted octanol–water partition coefficient (Wildman–Crippen LogP) is 4.46. The van der Waals surface area contributed by atoms with Crippen LogP contribution in [-0.2, 0) is 16.1 Å². The van der Waals surface area contributed by atoms with Crippen molar-refractivity contribution < 1.29 is 28.3 Å². The van der Waals surface area contributed by atoms with Crippen molar-refractivity contribution in [1.29, 1.82) is 0 Å². The van der Waals surface area contributed by atoms with Gasteiger partial charge in [-0.3, -0.25) is 0 Å². The lowest BCUT2D eigenvalue weighted by molar-refractivity contribution is -0.0539. The number of piperidine rings is 1. The fraction of sp³-hybridized carbons (Fsp3) is 0.500. The molecule has 1 aromatic carbocycles. The molecule has 31 heavy (non-hydrogen) atoms. The largest absolute Gasteiger partial charge is 0.490 e. The number of aromatic nitrogens is 1. The zero-order valence-corrected chi connectivity index (χ0v) is 18.1. The lowest BCUT2D eigenvalue weighted by Crippen LogP contribution is -2.52. The number of hydrogen-bond donors (Lipinski definition) is 0. The average Bonchev–Trinajstić information content (AvgIpc) is 3.22. The summed E-state index contributed by atoms with van der Waals surface area (Å²) in [4.78, 5) is 25.7. The van der Waals surface area contributed by atoms with Gasteiger partial charge >= 0.3 is 12.1 Å². The molecule has 1 saturated heterocycles. The lowest BCUT2D eigenvalue weighted by atomic mass is 9.61. The van der Waals surface area contributed by atoms with E-state index in [1.807, 2.05) is 24.3 Å². The van der Waals surface area contributed by atoms with Crippen LogP contribution in [0.1, 0.15) is 48.9 Å². The van der Waals surface area contributed by atoms with E-state index in [4.69, 9.17) is 30.3 Å². The zero-order chi connectivity index (χ0) is 21.8. The quantitative estimate of drug-likeness (QED) is 0.602. The summed E-state index contributed by atoms with van der Waals surface area (Å²) < 4.78 is 21.2. The van der Waals surface area contributed by atoms with Gasteiger partial charge in [0.1, 0.15) is 5.75 Å². The van der Waals surface area contributed by atoms with Crippen LogP contribution in [0.25, 0.3) is 0 Å². The van der Waals surface area contributed by atoms with Crippen LogP contribution >= 0.6 is 11.6 Å². The van der Waals surface area contributed by atoms with Crippen molar-refractivity contribution >= 4 is 23.7 Å². The molecule has 2 aliphatic rings. The summed E-state index contributed by atoms with van der Waals surface area (Å²) in [6.07, 6.45) is 3.66. The third kappa shape index (κ3) is 5.12. The third-order valence-corrected chi connectivity index (χ3v) is 6.15. The van der Waals surface area contributed by atoms with E-state index >= 15 is 0 Å². The van der Waals surface area contributed by atoms with E-state index in [0.29, 0.717) is 23.9 Å². The molecule has 0 unspecified atom stereocenters. The van der Waals surface area contributed by atoms with Gasteiger partial charge in [0.05, 0.1) is 12.7 Å². The monoisotopic (exact) mass is 448 g/mol. The van der Waals surface area contributed by atoms with Gasteiger partial charge in [-0.1, -0.05) is 16.8 Å². The van der Waals surface area contributed by atoms with Crippen molar-refractivity contribution in [2.75, 3.05) is 19.7 Å². The number of esters is 1. The van der Waals surface area contributed by atoms with Crippen LogP contribution in [0.15, 0.2) is 34.9 Å². The number of halogens is 1. The highest BCUT2D eigenvalue weighted by atomic mass is 35.5. The molecule has 1 aliphatic carbocycles. The Hall–Kier alpha value is -2.74. The molecular formula is C22H25ClN2O6. The maximum absolute atomic E-state index is 12.4. The van der Waals surface area contributed by atoms with Gasteiger partial charge in [-0.15, -0.1) is 0 Å². The summed E-state index contributed by atoms with van der Waals surface area (Å²) >= 11 is 5.91. The van der Waals surface area contributed by atoms with Crippen molar-refractivity contribution in [2.45, 2.75) is 45.3 Å². The average molecular weight is 449 g/mol. The van der Waals surface area contributed by atoms with Gasteiger partial charge in [-0.05, 0) is 62.3 Å². The van der Waals surface area contributed by atoms with Crippen molar-refractivity contribution in [3.8, 4) is 5.75 Å². The van der Waals surface area contributed by atoms with Crippen LogP contribution in [0.2, 0.25) is 5.02 Å². The van der Waals surface area contributed by atoms with Crippen LogP contribution in [0.4, 0.5) is 4.79 Å². The van der Waals surface area contributed by atoms with Gasteiger partial charge in [-0.25, -0.2) is 9.59 Å². The molecular weight excluding hydrogens is 424 g/mol. The number of rotatable bonds is 6. The minimum Gasteiger partial charge on any atom is -0.490 e. The van der Waals surface area contributed by atoms with E-state index in [1.165, 1.54) is 6.07 Å². The molecule has 0 N–H and O–H groups in total. The maximum Gasteiger partial charge on any atom is 0.410 e. The summed E-state index contributed by atoms with van der Waals surface area (Å²) in [5.74, 6) is 0.568. The first-order valence-electron chi connectivity index (χ1n) is 10.4. The minimum atomic E-state index is -0.566. The van der Waals surface area contributed by atoms with E-state index in [1.54, 1.807) is 11.8 Å². The summed E-state index contributed by atoms with van der Waals surface area (Å²) in [5.41, 5.74) is 0.307. The summed E-state index contributed by atoms with van der Waals surface area (Å²) in [6.45, 7) is 3.18. The standard InChI is InChI=1S/C22H25ClN2O6/c1-2-28-20(26)19-11-17(31-24-19)14-29-21(27)25-9-7-22(8-10-25)12-18(13-22)30-16-5-3-15(23)4-6-16/h3-6,11,18H,2,7-10,12-14H2,1H3. The van der Waals surface area contributed by atoms with E-state index < -0.39 is 12.1 Å². The molecule has 1 aromatic heterocycles. The number of ether oxygens (including phenoxy) is 3. The minimum absolute atomic E-state index is 0.0631. The van der Waals surface area contributed by atoms with Gasteiger partial charge in [0, 0.05) is 24.2 Å². The molecule has 2 aromatic rings. The summed E-state index contributed by atoms with van der Waals surface area (Å²) in [6, 6.07) is 8.84. The molecule has 8 nitrogen and oxygen atoms in total. The molecule has 0 bridgehead atoms. The van der Waals surface area contributed by atoms with Crippen LogP contribution in [0, 0.1) is 5.41 Å². The highest BCUT2D eigenvalue weighted by molar-refractivity contribution is 6.30. The number of benzene rings is 1. The topological polar surface area (TPSA) is 91.1 Å². The van der Waals surface area contributed by atoms with Gasteiger partial charge in [-0.2, -0.15) is 0 Å². The maximum atomic E-state index is 12.4. The van der Waals surface area contributed by atoms with Crippen LogP contribution in [0.5, 0.6) is 5.75 Å². The number of nitrogens with zero attached hydrogens (tertiary/aromatic N) is 2. The molecule has 1 amide bonds.